The van der Waals surface area contributed by atoms with Crippen LogP contribution in [0.2, 0.25) is 5.02 Å². The maximum Gasteiger partial charge on any atom is 0.228 e. The molecule has 1 fully saturated rings. The van der Waals surface area contributed by atoms with Crippen LogP contribution < -0.4 is 10.6 Å². The van der Waals surface area contributed by atoms with Crippen molar-refractivity contribution in [3.8, 4) is 0 Å². The number of carbonyl (C=O) groups excluding carboxylic acids is 2. The molecule has 0 unspecified atom stereocenters. The number of anilines is 2. The van der Waals surface area contributed by atoms with Crippen LogP contribution in [0.4, 0.5) is 11.4 Å². The van der Waals surface area contributed by atoms with Crippen LogP contribution in [0.3, 0.4) is 0 Å². The number of carbonyl (C=O) groups is 2. The van der Waals surface area contributed by atoms with Crippen molar-refractivity contribution < 1.29 is 9.59 Å². The largest absolute Gasteiger partial charge is 0.326 e. The highest BCUT2D eigenvalue weighted by atomic mass is 35.5. The van der Waals surface area contributed by atoms with Crippen LogP contribution in [-0.4, -0.2) is 17.6 Å². The molecule has 2 aromatic carbocycles. The highest BCUT2D eigenvalue weighted by molar-refractivity contribution is 7.80. The average molecular weight is 457 g/mol. The van der Waals surface area contributed by atoms with Gasteiger partial charge in [-0.25, -0.2) is 0 Å². The standard InChI is InChI=1S/C25H29ClN2O2S/c1-17-15-22(23(16-17)25(30)28-21-12-8-19(26)9-13-21)24(29)27-20-10-6-18(7-11-20)5-3-2-4-14-31/h6-13,22-23,31H,1-5,14-16H2,(H,27,29)(H,28,30)/t22-,23-/m0/s1. The van der Waals surface area contributed by atoms with Crippen LogP contribution in [0.1, 0.15) is 37.7 Å². The van der Waals surface area contributed by atoms with E-state index in [1.807, 2.05) is 12.1 Å². The fourth-order valence-corrected chi connectivity index (χ4v) is 4.27. The lowest BCUT2D eigenvalue weighted by atomic mass is 9.94. The molecule has 6 heteroatoms. The van der Waals surface area contributed by atoms with Crippen LogP contribution in [0.15, 0.2) is 60.7 Å². The topological polar surface area (TPSA) is 58.2 Å². The van der Waals surface area contributed by atoms with Crippen molar-refractivity contribution in [3.05, 3.63) is 71.3 Å². The van der Waals surface area contributed by atoms with E-state index in [-0.39, 0.29) is 11.8 Å². The zero-order valence-corrected chi connectivity index (χ0v) is 19.2. The van der Waals surface area contributed by atoms with E-state index in [9.17, 15) is 9.59 Å². The first-order valence-electron chi connectivity index (χ1n) is 10.7. The maximum absolute atomic E-state index is 12.9. The van der Waals surface area contributed by atoms with Gasteiger partial charge in [-0.1, -0.05) is 42.3 Å². The number of halogens is 1. The number of amides is 2. The van der Waals surface area contributed by atoms with Crippen LogP contribution >= 0.6 is 24.2 Å². The molecule has 0 bridgehead atoms. The van der Waals surface area contributed by atoms with E-state index >= 15 is 0 Å². The van der Waals surface area contributed by atoms with Crippen molar-refractivity contribution in [2.45, 2.75) is 38.5 Å². The summed E-state index contributed by atoms with van der Waals surface area (Å²) in [6, 6.07) is 14.9. The molecular formula is C25H29ClN2O2S. The molecule has 164 valence electrons. The van der Waals surface area contributed by atoms with Gasteiger partial charge in [-0.05, 0) is 79.8 Å². The number of hydrogen-bond donors (Lipinski definition) is 3. The number of hydrogen-bond acceptors (Lipinski definition) is 3. The molecule has 1 saturated carbocycles. The summed E-state index contributed by atoms with van der Waals surface area (Å²) in [5.74, 6) is -0.249. The molecule has 0 spiro atoms. The molecule has 0 heterocycles. The minimum absolute atomic E-state index is 0.142. The highest BCUT2D eigenvalue weighted by Gasteiger charge is 2.39. The number of allylic oxidation sites excluding steroid dienone is 1. The minimum atomic E-state index is -0.436. The second kappa shape index (κ2) is 11.4. The molecule has 0 radical (unpaired) electrons. The quantitative estimate of drug-likeness (QED) is 0.241. The van der Waals surface area contributed by atoms with Crippen LogP contribution in [-0.2, 0) is 16.0 Å². The fourth-order valence-electron chi connectivity index (χ4n) is 3.92. The zero-order chi connectivity index (χ0) is 22.2. The second-order valence-corrected chi connectivity index (χ2v) is 8.97. The Bertz CT molecular complexity index is 912. The van der Waals surface area contributed by atoms with E-state index in [2.05, 4.69) is 42.0 Å². The van der Waals surface area contributed by atoms with Crippen LogP contribution in [0.25, 0.3) is 0 Å². The molecule has 2 N–H and O–H groups in total. The smallest absolute Gasteiger partial charge is 0.228 e. The number of unbranched alkanes of at least 4 members (excludes halogenated alkanes) is 2. The van der Waals surface area contributed by atoms with Crippen molar-refractivity contribution in [1.82, 2.24) is 0 Å². The molecule has 1 aliphatic carbocycles. The highest BCUT2D eigenvalue weighted by Crippen LogP contribution is 2.37. The Hall–Kier alpha value is -2.24. The first-order chi connectivity index (χ1) is 15.0. The molecular weight excluding hydrogens is 428 g/mol. The van der Waals surface area contributed by atoms with Gasteiger partial charge in [0, 0.05) is 16.4 Å². The number of aryl methyl sites for hydroxylation is 1. The van der Waals surface area contributed by atoms with Gasteiger partial charge in [0.25, 0.3) is 0 Å². The predicted octanol–water partition coefficient (Wildman–Crippen LogP) is 6.14. The van der Waals surface area contributed by atoms with Crippen LogP contribution in [0, 0.1) is 11.8 Å². The summed E-state index contributed by atoms with van der Waals surface area (Å²) in [5, 5.41) is 6.47. The third-order valence-corrected chi connectivity index (χ3v) is 6.20. The maximum atomic E-state index is 12.9. The fraction of sp³-hybridized carbons (Fsp3) is 0.360. The van der Waals surface area contributed by atoms with Crippen molar-refractivity contribution in [1.29, 1.82) is 0 Å². The molecule has 31 heavy (non-hydrogen) atoms. The molecule has 2 aromatic rings. The Balaban J connectivity index is 1.58. The van der Waals surface area contributed by atoms with E-state index in [4.69, 9.17) is 11.6 Å². The third kappa shape index (κ3) is 6.88. The van der Waals surface area contributed by atoms with Gasteiger partial charge in [-0.15, -0.1) is 0 Å². The normalized spacial score (nSPS) is 18.1. The molecule has 2 amide bonds. The lowest BCUT2D eigenvalue weighted by molar-refractivity contribution is -0.128. The summed E-state index contributed by atoms with van der Waals surface area (Å²) in [4.78, 5) is 25.8. The lowest BCUT2D eigenvalue weighted by Gasteiger charge is -2.19. The molecule has 1 aliphatic rings. The number of rotatable bonds is 9. The summed E-state index contributed by atoms with van der Waals surface area (Å²) >= 11 is 10.1. The SMILES string of the molecule is C=C1C[C@H](C(=O)Nc2ccc(Cl)cc2)[C@@H](C(=O)Nc2ccc(CCCCCS)cc2)C1. The van der Waals surface area contributed by atoms with Gasteiger partial charge in [0.15, 0.2) is 0 Å². The molecule has 0 aromatic heterocycles. The van der Waals surface area contributed by atoms with Crippen molar-refractivity contribution >= 4 is 47.4 Å². The zero-order valence-electron chi connectivity index (χ0n) is 17.6. The summed E-state index contributed by atoms with van der Waals surface area (Å²) in [6.07, 6.45) is 5.51. The summed E-state index contributed by atoms with van der Waals surface area (Å²) < 4.78 is 0. The van der Waals surface area contributed by atoms with Gasteiger partial charge in [-0.3, -0.25) is 9.59 Å². The van der Waals surface area contributed by atoms with Crippen molar-refractivity contribution in [2.75, 3.05) is 16.4 Å². The Kier molecular flexibility index (Phi) is 8.61. The van der Waals surface area contributed by atoms with E-state index in [0.29, 0.717) is 23.6 Å². The van der Waals surface area contributed by atoms with Gasteiger partial charge < -0.3 is 10.6 Å². The van der Waals surface area contributed by atoms with Gasteiger partial charge in [0.05, 0.1) is 11.8 Å². The molecule has 4 nitrogen and oxygen atoms in total. The Morgan fingerprint density at radius 3 is 1.90 bits per heavy atom. The van der Waals surface area contributed by atoms with Gasteiger partial charge in [0.1, 0.15) is 0 Å². The summed E-state index contributed by atoms with van der Waals surface area (Å²) in [7, 11) is 0. The van der Waals surface area contributed by atoms with E-state index in [0.717, 1.165) is 36.3 Å². The predicted molar refractivity (Wildman–Crippen MR) is 132 cm³/mol. The van der Waals surface area contributed by atoms with Crippen molar-refractivity contribution in [2.24, 2.45) is 11.8 Å². The van der Waals surface area contributed by atoms with Crippen molar-refractivity contribution in [3.63, 3.8) is 0 Å². The number of thiol groups is 1. The number of nitrogens with one attached hydrogen (secondary N) is 2. The second-order valence-electron chi connectivity index (χ2n) is 8.09. The first-order valence-corrected chi connectivity index (χ1v) is 11.7. The minimum Gasteiger partial charge on any atom is -0.326 e. The summed E-state index contributed by atoms with van der Waals surface area (Å²) in [6.45, 7) is 4.02. The van der Waals surface area contributed by atoms with E-state index in [1.54, 1.807) is 24.3 Å². The Morgan fingerprint density at radius 1 is 0.871 bits per heavy atom. The Labute approximate surface area is 194 Å². The first kappa shape index (κ1) is 23.4. The lowest BCUT2D eigenvalue weighted by Crippen LogP contribution is -2.33. The number of benzene rings is 2. The Morgan fingerprint density at radius 2 is 1.39 bits per heavy atom. The van der Waals surface area contributed by atoms with Crippen LogP contribution in [0.5, 0.6) is 0 Å². The molecule has 2 atom stereocenters. The average Bonchev–Trinajstić information content (AvgIpc) is 3.16. The van der Waals surface area contributed by atoms with Gasteiger partial charge >= 0.3 is 0 Å². The monoisotopic (exact) mass is 456 g/mol. The molecule has 0 aliphatic heterocycles. The van der Waals surface area contributed by atoms with E-state index in [1.165, 1.54) is 12.0 Å². The van der Waals surface area contributed by atoms with E-state index < -0.39 is 11.8 Å². The summed E-state index contributed by atoms with van der Waals surface area (Å²) in [5.41, 5.74) is 3.59. The molecule has 3 rings (SSSR count). The molecule has 0 saturated heterocycles. The van der Waals surface area contributed by atoms with Gasteiger partial charge in [0.2, 0.25) is 11.8 Å². The third-order valence-electron chi connectivity index (χ3n) is 5.63. The van der Waals surface area contributed by atoms with Gasteiger partial charge in [-0.2, -0.15) is 12.6 Å².